The average Bonchev–Trinajstić information content (AvgIpc) is 3.10. The zero-order valence-electron chi connectivity index (χ0n) is 12.9. The third kappa shape index (κ3) is 2.90. The molecular weight excluding hydrogens is 310 g/mol. The summed E-state index contributed by atoms with van der Waals surface area (Å²) in [4.78, 5) is 26.0. The van der Waals surface area contributed by atoms with Crippen molar-refractivity contribution in [2.75, 3.05) is 0 Å². The van der Waals surface area contributed by atoms with E-state index >= 15 is 0 Å². The second-order valence-electron chi connectivity index (χ2n) is 5.23. The molecule has 23 heavy (non-hydrogen) atoms. The topological polar surface area (TPSA) is 64.0 Å². The van der Waals surface area contributed by atoms with Crippen LogP contribution in [-0.4, -0.2) is 15.7 Å². The van der Waals surface area contributed by atoms with Crippen molar-refractivity contribution in [1.29, 1.82) is 0 Å². The highest BCUT2D eigenvalue weighted by atomic mass is 32.1. The van der Waals surface area contributed by atoms with E-state index in [1.165, 1.54) is 4.68 Å². The van der Waals surface area contributed by atoms with Crippen molar-refractivity contribution in [3.63, 3.8) is 0 Å². The van der Waals surface area contributed by atoms with E-state index in [4.69, 9.17) is 0 Å². The smallest absolute Gasteiger partial charge is 0.274 e. The molecule has 0 aliphatic carbocycles. The van der Waals surface area contributed by atoms with Crippen LogP contribution >= 0.6 is 11.3 Å². The second-order valence-corrected chi connectivity index (χ2v) is 6.20. The van der Waals surface area contributed by atoms with Crippen molar-refractivity contribution in [1.82, 2.24) is 15.1 Å². The van der Waals surface area contributed by atoms with Crippen molar-refractivity contribution in [2.45, 2.75) is 26.4 Å². The second kappa shape index (κ2) is 6.34. The van der Waals surface area contributed by atoms with Crippen LogP contribution in [0, 0.1) is 0 Å². The van der Waals surface area contributed by atoms with Gasteiger partial charge in [-0.2, -0.15) is 5.10 Å². The Morgan fingerprint density at radius 2 is 2.00 bits per heavy atom. The molecule has 2 aromatic heterocycles. The van der Waals surface area contributed by atoms with Crippen LogP contribution < -0.4 is 10.9 Å². The van der Waals surface area contributed by atoms with Crippen LogP contribution in [0.5, 0.6) is 0 Å². The van der Waals surface area contributed by atoms with Crippen LogP contribution in [-0.2, 0) is 6.54 Å². The predicted octanol–water partition coefficient (Wildman–Crippen LogP) is 2.97. The number of carbonyl (C=O) groups excluding carboxylic acids is 1. The highest BCUT2D eigenvalue weighted by Crippen LogP contribution is 2.19. The number of fused-ring (bicyclic) bond motifs is 1. The van der Waals surface area contributed by atoms with Gasteiger partial charge in [0.25, 0.3) is 11.5 Å². The number of amides is 1. The lowest BCUT2D eigenvalue weighted by molar-refractivity contribution is 0.0935. The fourth-order valence-electron chi connectivity index (χ4n) is 2.49. The number of benzene rings is 1. The lowest BCUT2D eigenvalue weighted by atomic mass is 10.1. The highest BCUT2D eigenvalue weighted by molar-refractivity contribution is 7.10. The van der Waals surface area contributed by atoms with Crippen LogP contribution in [0.25, 0.3) is 10.8 Å². The number of thiophene rings is 1. The molecule has 1 amide bonds. The maximum atomic E-state index is 12.7. The molecule has 1 unspecified atom stereocenters. The molecule has 0 aliphatic heterocycles. The van der Waals surface area contributed by atoms with Gasteiger partial charge in [0, 0.05) is 16.8 Å². The summed E-state index contributed by atoms with van der Waals surface area (Å²) < 4.78 is 1.33. The molecule has 0 aliphatic rings. The Bertz CT molecular complexity index is 900. The summed E-state index contributed by atoms with van der Waals surface area (Å²) in [5.74, 6) is -0.274. The lowest BCUT2D eigenvalue weighted by Gasteiger charge is -2.14. The number of nitrogens with zero attached hydrogens (tertiary/aromatic N) is 2. The molecule has 0 fully saturated rings. The Kier molecular flexibility index (Phi) is 4.25. The van der Waals surface area contributed by atoms with E-state index < -0.39 is 0 Å². The van der Waals surface area contributed by atoms with Gasteiger partial charge < -0.3 is 5.32 Å². The molecule has 2 heterocycles. The molecule has 3 rings (SSSR count). The van der Waals surface area contributed by atoms with Crippen molar-refractivity contribution < 1.29 is 4.79 Å². The third-order valence-electron chi connectivity index (χ3n) is 3.70. The summed E-state index contributed by atoms with van der Waals surface area (Å²) in [6, 6.07) is 10.9. The minimum absolute atomic E-state index is 0.106. The lowest BCUT2D eigenvalue weighted by Crippen LogP contribution is -2.31. The van der Waals surface area contributed by atoms with Gasteiger partial charge in [-0.3, -0.25) is 9.59 Å². The molecule has 0 saturated carbocycles. The van der Waals surface area contributed by atoms with Gasteiger partial charge in [-0.1, -0.05) is 24.3 Å². The summed E-state index contributed by atoms with van der Waals surface area (Å²) in [5.41, 5.74) is 0.108. The molecule has 1 atom stereocenters. The SMILES string of the molecule is CCn1nc(C(=O)NC(C)c2cccs2)c2ccccc2c1=O. The monoisotopic (exact) mass is 327 g/mol. The Balaban J connectivity index is 2.03. The van der Waals surface area contributed by atoms with E-state index in [2.05, 4.69) is 10.4 Å². The van der Waals surface area contributed by atoms with E-state index in [1.807, 2.05) is 31.4 Å². The van der Waals surface area contributed by atoms with Crippen LogP contribution in [0.3, 0.4) is 0 Å². The van der Waals surface area contributed by atoms with Crippen molar-refractivity contribution in [3.8, 4) is 0 Å². The van der Waals surface area contributed by atoms with E-state index in [9.17, 15) is 9.59 Å². The Morgan fingerprint density at radius 3 is 2.65 bits per heavy atom. The molecule has 0 radical (unpaired) electrons. The molecule has 0 bridgehead atoms. The maximum absolute atomic E-state index is 12.7. The van der Waals surface area contributed by atoms with Gasteiger partial charge in [-0.05, 0) is 31.4 Å². The first kappa shape index (κ1) is 15.4. The van der Waals surface area contributed by atoms with Crippen LogP contribution in [0.1, 0.15) is 35.3 Å². The zero-order chi connectivity index (χ0) is 16.4. The summed E-state index contributed by atoms with van der Waals surface area (Å²) in [7, 11) is 0. The molecule has 3 aromatic rings. The normalized spacial score (nSPS) is 12.3. The minimum atomic E-state index is -0.274. The molecule has 0 spiro atoms. The molecule has 1 N–H and O–H groups in total. The fourth-order valence-corrected chi connectivity index (χ4v) is 3.23. The maximum Gasteiger partial charge on any atom is 0.274 e. The summed E-state index contributed by atoms with van der Waals surface area (Å²) in [6.07, 6.45) is 0. The summed E-state index contributed by atoms with van der Waals surface area (Å²) >= 11 is 1.59. The van der Waals surface area contributed by atoms with Crippen LogP contribution in [0.2, 0.25) is 0 Å². The van der Waals surface area contributed by atoms with Crippen LogP contribution in [0.4, 0.5) is 0 Å². The zero-order valence-corrected chi connectivity index (χ0v) is 13.8. The number of carbonyl (C=O) groups is 1. The third-order valence-corrected chi connectivity index (χ3v) is 4.75. The number of rotatable bonds is 4. The van der Waals surface area contributed by atoms with Crippen LogP contribution in [0.15, 0.2) is 46.6 Å². The van der Waals surface area contributed by atoms with Gasteiger partial charge >= 0.3 is 0 Å². The molecule has 5 nitrogen and oxygen atoms in total. The molecular formula is C17H17N3O2S. The first-order valence-electron chi connectivity index (χ1n) is 7.46. The quantitative estimate of drug-likeness (QED) is 0.801. The standard InChI is InChI=1S/C17H17N3O2S/c1-3-20-17(22)13-8-5-4-7-12(13)15(19-20)16(21)18-11(2)14-9-6-10-23-14/h4-11H,3H2,1-2H3,(H,18,21). The molecule has 118 valence electrons. The van der Waals surface area contributed by atoms with Crippen molar-refractivity contribution in [3.05, 3.63) is 62.7 Å². The largest absolute Gasteiger partial charge is 0.343 e. The summed E-state index contributed by atoms with van der Waals surface area (Å²) in [5, 5.41) is 10.3. The molecule has 1 aromatic carbocycles. The fraction of sp³-hybridized carbons (Fsp3) is 0.235. The predicted molar refractivity (Wildman–Crippen MR) is 91.9 cm³/mol. The van der Waals surface area contributed by atoms with Gasteiger partial charge in [0.15, 0.2) is 5.69 Å². The average molecular weight is 327 g/mol. The Morgan fingerprint density at radius 1 is 1.26 bits per heavy atom. The van der Waals surface area contributed by atoms with Gasteiger partial charge in [-0.15, -0.1) is 11.3 Å². The van der Waals surface area contributed by atoms with E-state index in [1.54, 1.807) is 35.6 Å². The minimum Gasteiger partial charge on any atom is -0.343 e. The van der Waals surface area contributed by atoms with Gasteiger partial charge in [-0.25, -0.2) is 4.68 Å². The Labute approximate surface area is 137 Å². The number of hydrogen-bond acceptors (Lipinski definition) is 4. The van der Waals surface area contributed by atoms with Crippen molar-refractivity contribution >= 4 is 28.0 Å². The van der Waals surface area contributed by atoms with Gasteiger partial charge in [0.05, 0.1) is 11.4 Å². The highest BCUT2D eigenvalue weighted by Gasteiger charge is 2.18. The Hall–Kier alpha value is -2.47. The molecule has 6 heteroatoms. The van der Waals surface area contributed by atoms with Crippen molar-refractivity contribution in [2.24, 2.45) is 0 Å². The number of nitrogens with one attached hydrogen (secondary N) is 1. The first-order chi connectivity index (χ1) is 11.1. The van der Waals surface area contributed by atoms with Gasteiger partial charge in [0.2, 0.25) is 0 Å². The van der Waals surface area contributed by atoms with E-state index in [-0.39, 0.29) is 23.2 Å². The first-order valence-corrected chi connectivity index (χ1v) is 8.34. The van der Waals surface area contributed by atoms with Gasteiger partial charge in [0.1, 0.15) is 0 Å². The number of hydrogen-bond donors (Lipinski definition) is 1. The van der Waals surface area contributed by atoms with E-state index in [0.29, 0.717) is 17.3 Å². The number of aromatic nitrogens is 2. The molecule has 0 saturated heterocycles. The number of aryl methyl sites for hydroxylation is 1. The summed E-state index contributed by atoms with van der Waals surface area (Å²) in [6.45, 7) is 4.19. The van der Waals surface area contributed by atoms with E-state index in [0.717, 1.165) is 4.88 Å².